The average Bonchev–Trinajstić information content (AvgIpc) is 1.97. The molecule has 0 amide bonds. The predicted octanol–water partition coefficient (Wildman–Crippen LogP) is -1.32. The topological polar surface area (TPSA) is 99.0 Å². The third-order valence-electron chi connectivity index (χ3n) is 0.781. The van der Waals surface area contributed by atoms with Gasteiger partial charge in [0.05, 0.1) is 19.8 Å². The van der Waals surface area contributed by atoms with Crippen LogP contribution in [0.2, 0.25) is 0 Å². The molecule has 0 aromatic rings. The summed E-state index contributed by atoms with van der Waals surface area (Å²) in [6.07, 6.45) is 0. The number of aliphatic hydroxyl groups excluding tert-OH is 2. The Morgan fingerprint density at radius 2 is 2.00 bits per heavy atom. The normalized spacial score (nSPS) is 16.3. The van der Waals surface area contributed by atoms with Gasteiger partial charge in [-0.05, 0) is 0 Å². The summed E-state index contributed by atoms with van der Waals surface area (Å²) in [5.74, 6) is 0. The van der Waals surface area contributed by atoms with Crippen molar-refractivity contribution in [2.75, 3.05) is 26.4 Å². The summed E-state index contributed by atoms with van der Waals surface area (Å²) in [5, 5.41) is 18.5. The molecule has 0 aliphatic rings. The van der Waals surface area contributed by atoms with Crippen LogP contribution in [-0.2, 0) is 9.09 Å². The van der Waals surface area contributed by atoms with Crippen LogP contribution >= 0.6 is 7.75 Å². The lowest BCUT2D eigenvalue weighted by Gasteiger charge is -2.10. The minimum Gasteiger partial charge on any atom is -0.395 e. The van der Waals surface area contributed by atoms with Gasteiger partial charge < -0.3 is 15.1 Å². The van der Waals surface area contributed by atoms with Crippen LogP contribution in [0, 0.1) is 0 Å². The van der Waals surface area contributed by atoms with Crippen molar-refractivity contribution in [1.29, 1.82) is 0 Å². The lowest BCUT2D eigenvalue weighted by Crippen LogP contribution is -2.17. The highest BCUT2D eigenvalue weighted by molar-refractivity contribution is 7.50. The third-order valence-corrected chi connectivity index (χ3v) is 1.94. The maximum atomic E-state index is 10.7. The Labute approximate surface area is 64.4 Å². The molecular weight excluding hydrogens is 173 g/mol. The van der Waals surface area contributed by atoms with Crippen LogP contribution in [0.25, 0.3) is 0 Å². The second-order valence-corrected chi connectivity index (χ2v) is 3.32. The van der Waals surface area contributed by atoms with E-state index >= 15 is 0 Å². The molecule has 0 aliphatic heterocycles. The molecule has 0 saturated heterocycles. The fraction of sp³-hybridized carbons (Fsp3) is 1.00. The van der Waals surface area contributed by atoms with Gasteiger partial charge in [-0.3, -0.25) is 4.52 Å². The fourth-order valence-corrected chi connectivity index (χ4v) is 1.20. The zero-order valence-electron chi connectivity index (χ0n) is 5.93. The van der Waals surface area contributed by atoms with Crippen LogP contribution in [0.1, 0.15) is 0 Å². The summed E-state index contributed by atoms with van der Waals surface area (Å²) in [7, 11) is -3.80. The molecular formula is C4H12NO5P. The summed E-state index contributed by atoms with van der Waals surface area (Å²) >= 11 is 0. The van der Waals surface area contributed by atoms with Crippen molar-refractivity contribution in [2.45, 2.75) is 0 Å². The Bertz CT molecular complexity index is 128. The van der Waals surface area contributed by atoms with Gasteiger partial charge in [-0.1, -0.05) is 0 Å². The first kappa shape index (κ1) is 11.0. The van der Waals surface area contributed by atoms with Gasteiger partial charge in [-0.2, -0.15) is 0 Å². The lowest BCUT2D eigenvalue weighted by molar-refractivity contribution is 0.177. The maximum absolute atomic E-state index is 10.7. The van der Waals surface area contributed by atoms with Crippen molar-refractivity contribution < 1.29 is 24.2 Å². The minimum absolute atomic E-state index is 0.0147. The van der Waals surface area contributed by atoms with E-state index in [0.29, 0.717) is 0 Å². The monoisotopic (exact) mass is 185 g/mol. The quantitative estimate of drug-likeness (QED) is 0.383. The molecule has 0 saturated carbocycles. The summed E-state index contributed by atoms with van der Waals surface area (Å²) < 4.78 is 15.1. The molecule has 11 heavy (non-hydrogen) atoms. The van der Waals surface area contributed by atoms with Crippen LogP contribution in [-0.4, -0.2) is 41.5 Å². The van der Waals surface area contributed by atoms with Gasteiger partial charge in [0.1, 0.15) is 0 Å². The van der Waals surface area contributed by atoms with Crippen LogP contribution in [0.3, 0.4) is 0 Å². The van der Waals surface area contributed by atoms with Gasteiger partial charge in [-0.15, -0.1) is 0 Å². The maximum Gasteiger partial charge on any atom is 0.403 e. The molecule has 1 unspecified atom stereocenters. The average molecular weight is 185 g/mol. The Kier molecular flexibility index (Phi) is 5.67. The van der Waals surface area contributed by atoms with Crippen LogP contribution in [0.15, 0.2) is 0 Å². The molecule has 6 nitrogen and oxygen atoms in total. The second-order valence-electron chi connectivity index (χ2n) is 1.71. The highest BCUT2D eigenvalue weighted by Gasteiger charge is 2.16. The van der Waals surface area contributed by atoms with Crippen molar-refractivity contribution in [3.8, 4) is 0 Å². The number of rotatable bonds is 6. The zero-order valence-corrected chi connectivity index (χ0v) is 6.83. The van der Waals surface area contributed by atoms with E-state index in [-0.39, 0.29) is 26.4 Å². The standard InChI is InChI=1S/C4H12NO5P/c6-2-1-5-11(8,9)10-4-3-7/h6-7H,1-4H2,(H2,5,8,9). The predicted molar refractivity (Wildman–Crippen MR) is 38.0 cm³/mol. The highest BCUT2D eigenvalue weighted by atomic mass is 31.2. The molecule has 0 radical (unpaired) electrons. The summed E-state index contributed by atoms with van der Waals surface area (Å²) in [6.45, 7) is -0.774. The van der Waals surface area contributed by atoms with E-state index in [0.717, 1.165) is 0 Å². The van der Waals surface area contributed by atoms with Gasteiger partial charge >= 0.3 is 7.75 Å². The van der Waals surface area contributed by atoms with Gasteiger partial charge in [0.2, 0.25) is 0 Å². The lowest BCUT2D eigenvalue weighted by atomic mass is 10.8. The van der Waals surface area contributed by atoms with Gasteiger partial charge in [-0.25, -0.2) is 9.65 Å². The number of hydrogen-bond acceptors (Lipinski definition) is 4. The zero-order chi connectivity index (χ0) is 8.74. The Morgan fingerprint density at radius 3 is 2.45 bits per heavy atom. The third kappa shape index (κ3) is 6.43. The van der Waals surface area contributed by atoms with E-state index in [9.17, 15) is 4.57 Å². The molecule has 0 rings (SSSR count). The molecule has 0 spiro atoms. The molecule has 0 aliphatic carbocycles. The van der Waals surface area contributed by atoms with Crippen molar-refractivity contribution in [2.24, 2.45) is 0 Å². The SMILES string of the molecule is O=P(O)(NCCO)OCCO. The summed E-state index contributed by atoms with van der Waals surface area (Å²) in [5.41, 5.74) is 0. The first-order valence-corrected chi connectivity index (χ1v) is 4.64. The van der Waals surface area contributed by atoms with E-state index < -0.39 is 7.75 Å². The van der Waals surface area contributed by atoms with E-state index in [1.165, 1.54) is 0 Å². The Balaban J connectivity index is 3.53. The fourth-order valence-electron chi connectivity index (χ4n) is 0.401. The highest BCUT2D eigenvalue weighted by Crippen LogP contribution is 2.35. The van der Waals surface area contributed by atoms with Crippen molar-refractivity contribution in [3.05, 3.63) is 0 Å². The van der Waals surface area contributed by atoms with E-state index in [2.05, 4.69) is 9.61 Å². The molecule has 0 fully saturated rings. The molecule has 4 N–H and O–H groups in total. The molecule has 0 bridgehead atoms. The van der Waals surface area contributed by atoms with E-state index in [1.54, 1.807) is 0 Å². The molecule has 0 heterocycles. The molecule has 7 heteroatoms. The summed E-state index contributed by atoms with van der Waals surface area (Å²) in [4.78, 5) is 8.78. The number of aliphatic hydroxyl groups is 2. The van der Waals surface area contributed by atoms with Crippen molar-refractivity contribution in [3.63, 3.8) is 0 Å². The molecule has 0 aromatic carbocycles. The molecule has 68 valence electrons. The van der Waals surface area contributed by atoms with Gasteiger partial charge in [0, 0.05) is 6.54 Å². The number of hydrogen-bond donors (Lipinski definition) is 4. The van der Waals surface area contributed by atoms with Gasteiger partial charge in [0.15, 0.2) is 0 Å². The Morgan fingerprint density at radius 1 is 1.36 bits per heavy atom. The van der Waals surface area contributed by atoms with Crippen LogP contribution in [0.4, 0.5) is 0 Å². The minimum atomic E-state index is -3.80. The van der Waals surface area contributed by atoms with Gasteiger partial charge in [0.25, 0.3) is 0 Å². The first-order valence-electron chi connectivity index (χ1n) is 3.06. The molecule has 1 atom stereocenters. The van der Waals surface area contributed by atoms with Crippen LogP contribution < -0.4 is 5.09 Å². The van der Waals surface area contributed by atoms with Crippen LogP contribution in [0.5, 0.6) is 0 Å². The first-order chi connectivity index (χ1) is 5.12. The summed E-state index contributed by atoms with van der Waals surface area (Å²) in [6, 6.07) is 0. The van der Waals surface area contributed by atoms with E-state index in [4.69, 9.17) is 15.1 Å². The number of nitrogens with one attached hydrogen (secondary N) is 1. The smallest absolute Gasteiger partial charge is 0.395 e. The van der Waals surface area contributed by atoms with Crippen molar-refractivity contribution >= 4 is 7.75 Å². The van der Waals surface area contributed by atoms with E-state index in [1.807, 2.05) is 0 Å². The largest absolute Gasteiger partial charge is 0.403 e. The Hall–Kier alpha value is 0.0300. The molecule has 0 aromatic heterocycles. The van der Waals surface area contributed by atoms with Crippen molar-refractivity contribution in [1.82, 2.24) is 5.09 Å². The second kappa shape index (κ2) is 5.65.